The maximum Gasteiger partial charge on any atom is 0.240 e. The molecule has 104 valence electrons. The molecule has 1 saturated heterocycles. The van der Waals surface area contributed by atoms with Crippen LogP contribution in [0.15, 0.2) is 0 Å². The van der Waals surface area contributed by atoms with Crippen molar-refractivity contribution in [3.63, 3.8) is 0 Å². The van der Waals surface area contributed by atoms with Crippen molar-refractivity contribution in [1.82, 2.24) is 10.2 Å². The van der Waals surface area contributed by atoms with Crippen molar-refractivity contribution in [1.29, 1.82) is 0 Å². The minimum atomic E-state index is -0.319. The molecule has 2 aliphatic rings. The molecule has 0 radical (unpaired) electrons. The summed E-state index contributed by atoms with van der Waals surface area (Å²) in [5.41, 5.74) is 0. The molecule has 0 aromatic heterocycles. The molecular formula is C14H26N2O2. The van der Waals surface area contributed by atoms with E-state index < -0.39 is 0 Å². The lowest BCUT2D eigenvalue weighted by Crippen LogP contribution is -2.58. The minimum Gasteiger partial charge on any atom is -0.391 e. The van der Waals surface area contributed by atoms with Crippen LogP contribution in [0.3, 0.4) is 0 Å². The summed E-state index contributed by atoms with van der Waals surface area (Å²) in [6, 6.07) is 0.339. The Morgan fingerprint density at radius 3 is 2.61 bits per heavy atom. The Labute approximate surface area is 110 Å². The van der Waals surface area contributed by atoms with E-state index in [4.69, 9.17) is 0 Å². The summed E-state index contributed by atoms with van der Waals surface area (Å²) in [4.78, 5) is 14.4. The molecule has 1 saturated carbocycles. The lowest BCUT2D eigenvalue weighted by Gasteiger charge is -2.42. The van der Waals surface area contributed by atoms with Crippen LogP contribution in [0.5, 0.6) is 0 Å². The first-order valence-electron chi connectivity index (χ1n) is 7.34. The second-order valence-electron chi connectivity index (χ2n) is 5.97. The van der Waals surface area contributed by atoms with Crippen LogP contribution < -0.4 is 5.32 Å². The Balaban J connectivity index is 2.01. The number of hydrogen-bond acceptors (Lipinski definition) is 3. The van der Waals surface area contributed by atoms with E-state index in [2.05, 4.69) is 19.2 Å². The van der Waals surface area contributed by atoms with Gasteiger partial charge < -0.3 is 15.3 Å². The van der Waals surface area contributed by atoms with Gasteiger partial charge in [-0.3, -0.25) is 4.79 Å². The Kier molecular flexibility index (Phi) is 4.62. The molecule has 2 fully saturated rings. The van der Waals surface area contributed by atoms with Crippen LogP contribution in [0.25, 0.3) is 0 Å². The summed E-state index contributed by atoms with van der Waals surface area (Å²) in [6.07, 6.45) is 5.68. The molecule has 1 amide bonds. The Hall–Kier alpha value is -0.610. The molecule has 1 aliphatic heterocycles. The Bertz CT molecular complexity index is 294. The number of hydrogen-bond donors (Lipinski definition) is 2. The monoisotopic (exact) mass is 254 g/mol. The summed E-state index contributed by atoms with van der Waals surface area (Å²) in [6.45, 7) is 4.96. The van der Waals surface area contributed by atoms with Crippen LogP contribution in [0.1, 0.15) is 52.4 Å². The largest absolute Gasteiger partial charge is 0.391 e. The maximum absolute atomic E-state index is 12.5. The summed E-state index contributed by atoms with van der Waals surface area (Å²) < 4.78 is 0. The number of likely N-dealkylation sites (tertiary alicyclic amines) is 1. The molecule has 0 spiro atoms. The summed E-state index contributed by atoms with van der Waals surface area (Å²) in [5.74, 6) is 0.195. The second-order valence-corrected chi connectivity index (χ2v) is 5.97. The number of carbonyl (C=O) groups is 1. The zero-order valence-electron chi connectivity index (χ0n) is 11.6. The van der Waals surface area contributed by atoms with Crippen LogP contribution >= 0.6 is 0 Å². The highest BCUT2D eigenvalue weighted by atomic mass is 16.3. The van der Waals surface area contributed by atoms with Crippen molar-refractivity contribution in [3.05, 3.63) is 0 Å². The van der Waals surface area contributed by atoms with E-state index in [9.17, 15) is 9.90 Å². The molecule has 0 aromatic carbocycles. The predicted octanol–water partition coefficient (Wildman–Crippen LogP) is 1.28. The van der Waals surface area contributed by atoms with Gasteiger partial charge in [-0.05, 0) is 25.7 Å². The lowest BCUT2D eigenvalue weighted by molar-refractivity contribution is -0.142. The van der Waals surface area contributed by atoms with Crippen molar-refractivity contribution >= 4 is 5.91 Å². The lowest BCUT2D eigenvalue weighted by atomic mass is 9.89. The van der Waals surface area contributed by atoms with Gasteiger partial charge in [-0.1, -0.05) is 26.7 Å². The Morgan fingerprint density at radius 2 is 1.94 bits per heavy atom. The standard InChI is InChI=1S/C14H26N2O2/c1-10(2)15-11-6-5-9-16(14(11)18)12-7-3-4-8-13(12)17/h10-13,15,17H,3-9H2,1-2H3. The van der Waals surface area contributed by atoms with E-state index in [0.717, 1.165) is 45.1 Å². The molecule has 3 atom stereocenters. The van der Waals surface area contributed by atoms with Gasteiger partial charge in [0.1, 0.15) is 0 Å². The van der Waals surface area contributed by atoms with Crippen LogP contribution in [-0.2, 0) is 4.79 Å². The number of nitrogens with one attached hydrogen (secondary N) is 1. The topological polar surface area (TPSA) is 52.6 Å². The van der Waals surface area contributed by atoms with Crippen LogP contribution in [-0.4, -0.2) is 46.7 Å². The number of rotatable bonds is 3. The average molecular weight is 254 g/mol. The molecule has 18 heavy (non-hydrogen) atoms. The van der Waals surface area contributed by atoms with Crippen molar-refractivity contribution in [3.8, 4) is 0 Å². The predicted molar refractivity (Wildman–Crippen MR) is 71.3 cm³/mol. The minimum absolute atomic E-state index is 0.0483. The number of piperidine rings is 1. The van der Waals surface area contributed by atoms with E-state index in [1.807, 2.05) is 4.90 Å². The Morgan fingerprint density at radius 1 is 1.22 bits per heavy atom. The zero-order valence-corrected chi connectivity index (χ0v) is 11.6. The van der Waals surface area contributed by atoms with Gasteiger partial charge in [-0.25, -0.2) is 0 Å². The first-order chi connectivity index (χ1) is 8.59. The summed E-state index contributed by atoms with van der Waals surface area (Å²) in [7, 11) is 0. The first-order valence-corrected chi connectivity index (χ1v) is 7.34. The molecule has 4 heteroatoms. The smallest absolute Gasteiger partial charge is 0.240 e. The molecule has 4 nitrogen and oxygen atoms in total. The van der Waals surface area contributed by atoms with Gasteiger partial charge in [0.15, 0.2) is 0 Å². The van der Waals surface area contributed by atoms with Gasteiger partial charge in [0.25, 0.3) is 0 Å². The fourth-order valence-corrected chi connectivity index (χ4v) is 3.24. The molecule has 2 N–H and O–H groups in total. The molecule has 0 bridgehead atoms. The normalized spacial score (nSPS) is 34.1. The molecule has 2 rings (SSSR count). The summed E-state index contributed by atoms with van der Waals surface area (Å²) in [5, 5.41) is 13.4. The number of aliphatic hydroxyl groups is 1. The van der Waals surface area contributed by atoms with Crippen molar-refractivity contribution in [2.45, 2.75) is 76.6 Å². The van der Waals surface area contributed by atoms with Crippen LogP contribution in [0.4, 0.5) is 0 Å². The maximum atomic E-state index is 12.5. The highest BCUT2D eigenvalue weighted by Gasteiger charge is 2.37. The van der Waals surface area contributed by atoms with Gasteiger partial charge in [-0.2, -0.15) is 0 Å². The van der Waals surface area contributed by atoms with Gasteiger partial charge in [0.05, 0.1) is 18.2 Å². The van der Waals surface area contributed by atoms with Gasteiger partial charge in [-0.15, -0.1) is 0 Å². The van der Waals surface area contributed by atoms with Gasteiger partial charge >= 0.3 is 0 Å². The van der Waals surface area contributed by atoms with Crippen LogP contribution in [0, 0.1) is 0 Å². The average Bonchev–Trinajstić information content (AvgIpc) is 2.32. The summed E-state index contributed by atoms with van der Waals surface area (Å²) >= 11 is 0. The number of carbonyl (C=O) groups excluding carboxylic acids is 1. The van der Waals surface area contributed by atoms with E-state index in [-0.39, 0.29) is 24.1 Å². The highest BCUT2D eigenvalue weighted by Crippen LogP contribution is 2.26. The number of aliphatic hydroxyl groups excluding tert-OH is 1. The van der Waals surface area contributed by atoms with Gasteiger partial charge in [0, 0.05) is 12.6 Å². The number of nitrogens with zero attached hydrogens (tertiary/aromatic N) is 1. The van der Waals surface area contributed by atoms with Crippen molar-refractivity contribution in [2.24, 2.45) is 0 Å². The zero-order chi connectivity index (χ0) is 13.1. The van der Waals surface area contributed by atoms with Crippen molar-refractivity contribution < 1.29 is 9.90 Å². The van der Waals surface area contributed by atoms with Crippen LogP contribution in [0.2, 0.25) is 0 Å². The molecular weight excluding hydrogens is 228 g/mol. The van der Waals surface area contributed by atoms with E-state index in [1.54, 1.807) is 0 Å². The number of amides is 1. The van der Waals surface area contributed by atoms with Crippen molar-refractivity contribution in [2.75, 3.05) is 6.54 Å². The molecule has 1 aliphatic carbocycles. The highest BCUT2D eigenvalue weighted by molar-refractivity contribution is 5.83. The second kappa shape index (κ2) is 6.02. The van der Waals surface area contributed by atoms with E-state index in [1.165, 1.54) is 0 Å². The third kappa shape index (κ3) is 3.04. The SMILES string of the molecule is CC(C)NC1CCCN(C2CCCCC2O)C1=O. The van der Waals surface area contributed by atoms with E-state index in [0.29, 0.717) is 6.04 Å². The fraction of sp³-hybridized carbons (Fsp3) is 0.929. The van der Waals surface area contributed by atoms with E-state index >= 15 is 0 Å². The molecule has 3 unspecified atom stereocenters. The fourth-order valence-electron chi connectivity index (χ4n) is 3.24. The third-order valence-corrected chi connectivity index (χ3v) is 4.10. The quantitative estimate of drug-likeness (QED) is 0.797. The van der Waals surface area contributed by atoms with Gasteiger partial charge in [0.2, 0.25) is 5.91 Å². The first kappa shape index (κ1) is 13.8. The molecule has 1 heterocycles. The third-order valence-electron chi connectivity index (χ3n) is 4.10. The molecule has 0 aromatic rings.